The van der Waals surface area contributed by atoms with Crippen LogP contribution < -0.4 is 15.5 Å². The molecule has 2 aromatic rings. The average Bonchev–Trinajstić information content (AvgIpc) is 3.19. The summed E-state index contributed by atoms with van der Waals surface area (Å²) in [6.07, 6.45) is 4.28. The van der Waals surface area contributed by atoms with Crippen molar-refractivity contribution in [1.82, 2.24) is 15.1 Å². The molecule has 1 aromatic carbocycles. The van der Waals surface area contributed by atoms with E-state index < -0.39 is 23.4 Å². The molecule has 0 unspecified atom stereocenters. The predicted molar refractivity (Wildman–Crippen MR) is 87.0 cm³/mol. The molecular weight excluding hydrogens is 332 g/mol. The molecule has 1 aromatic heterocycles. The van der Waals surface area contributed by atoms with E-state index in [0.29, 0.717) is 19.0 Å². The first-order valence-corrected chi connectivity index (χ1v) is 7.73. The lowest BCUT2D eigenvalue weighted by Gasteiger charge is -2.16. The van der Waals surface area contributed by atoms with Crippen molar-refractivity contribution < 1.29 is 18.4 Å². The molecule has 1 atom stereocenters. The molecule has 25 heavy (non-hydrogen) atoms. The predicted octanol–water partition coefficient (Wildman–Crippen LogP) is 1.03. The van der Waals surface area contributed by atoms with Gasteiger partial charge in [0, 0.05) is 38.4 Å². The van der Waals surface area contributed by atoms with Gasteiger partial charge in [0.1, 0.15) is 11.6 Å². The van der Waals surface area contributed by atoms with Gasteiger partial charge in [-0.3, -0.25) is 14.3 Å². The lowest BCUT2D eigenvalue weighted by atomic mass is 10.2. The molecule has 1 aliphatic heterocycles. The Kier molecular flexibility index (Phi) is 4.64. The highest BCUT2D eigenvalue weighted by molar-refractivity contribution is 6.39. The van der Waals surface area contributed by atoms with Crippen molar-refractivity contribution in [1.29, 1.82) is 0 Å². The van der Waals surface area contributed by atoms with Crippen molar-refractivity contribution in [3.05, 3.63) is 42.2 Å². The summed E-state index contributed by atoms with van der Waals surface area (Å²) in [5.74, 6) is -3.56. The summed E-state index contributed by atoms with van der Waals surface area (Å²) in [5, 5.41) is 8.86. The molecule has 1 fully saturated rings. The second-order valence-electron chi connectivity index (χ2n) is 5.86. The van der Waals surface area contributed by atoms with Crippen molar-refractivity contribution >= 4 is 23.2 Å². The molecule has 7 nitrogen and oxygen atoms in total. The van der Waals surface area contributed by atoms with Gasteiger partial charge in [0.05, 0.1) is 17.6 Å². The molecule has 132 valence electrons. The van der Waals surface area contributed by atoms with Crippen LogP contribution >= 0.6 is 0 Å². The minimum absolute atomic E-state index is 0.198. The SMILES string of the molecule is Cn1cc(N2CC[C@H](NC(=O)C(=O)Nc3ccc(F)cc3F)C2)cn1. The van der Waals surface area contributed by atoms with Crippen molar-refractivity contribution in [3.63, 3.8) is 0 Å². The zero-order chi connectivity index (χ0) is 18.0. The molecule has 0 spiro atoms. The Bertz CT molecular complexity index is 808. The topological polar surface area (TPSA) is 79.3 Å². The Labute approximate surface area is 142 Å². The fourth-order valence-electron chi connectivity index (χ4n) is 2.71. The van der Waals surface area contributed by atoms with Crippen molar-refractivity contribution in [2.75, 3.05) is 23.3 Å². The molecule has 0 bridgehead atoms. The number of amides is 2. The maximum Gasteiger partial charge on any atom is 0.313 e. The molecule has 2 amide bonds. The highest BCUT2D eigenvalue weighted by Gasteiger charge is 2.27. The first-order chi connectivity index (χ1) is 11.9. The Hall–Kier alpha value is -2.97. The number of aromatic nitrogens is 2. The number of anilines is 2. The summed E-state index contributed by atoms with van der Waals surface area (Å²) >= 11 is 0. The standard InChI is InChI=1S/C16H17F2N5O2/c1-22-9-12(7-19-22)23-5-4-11(8-23)20-15(24)16(25)21-14-3-2-10(17)6-13(14)18/h2-3,6-7,9,11H,4-5,8H2,1H3,(H,20,24)(H,21,25)/t11-/m0/s1. The maximum atomic E-state index is 13.5. The van der Waals surface area contributed by atoms with Crippen molar-refractivity contribution in [2.24, 2.45) is 7.05 Å². The minimum atomic E-state index is -0.995. The van der Waals surface area contributed by atoms with E-state index in [4.69, 9.17) is 0 Å². The first kappa shape index (κ1) is 16.9. The molecule has 9 heteroatoms. The number of nitrogens with one attached hydrogen (secondary N) is 2. The first-order valence-electron chi connectivity index (χ1n) is 7.73. The van der Waals surface area contributed by atoms with Gasteiger partial charge in [-0.05, 0) is 18.6 Å². The summed E-state index contributed by atoms with van der Waals surface area (Å²) < 4.78 is 28.1. The van der Waals surface area contributed by atoms with Gasteiger partial charge in [0.25, 0.3) is 0 Å². The molecule has 2 N–H and O–H groups in total. The third kappa shape index (κ3) is 3.93. The summed E-state index contributed by atoms with van der Waals surface area (Å²) in [6, 6.07) is 2.50. The van der Waals surface area contributed by atoms with Gasteiger partial charge in [0.15, 0.2) is 0 Å². The number of hydrogen-bond acceptors (Lipinski definition) is 4. The molecule has 0 aliphatic carbocycles. The van der Waals surface area contributed by atoms with Crippen LogP contribution in [-0.2, 0) is 16.6 Å². The maximum absolute atomic E-state index is 13.5. The Morgan fingerprint density at radius 1 is 1.28 bits per heavy atom. The quantitative estimate of drug-likeness (QED) is 0.812. The summed E-state index contributed by atoms with van der Waals surface area (Å²) in [4.78, 5) is 25.9. The van der Waals surface area contributed by atoms with E-state index in [1.54, 1.807) is 10.9 Å². The van der Waals surface area contributed by atoms with Crippen LogP contribution in [-0.4, -0.2) is 40.7 Å². The number of halogens is 2. The second-order valence-corrected chi connectivity index (χ2v) is 5.86. The van der Waals surface area contributed by atoms with Gasteiger partial charge < -0.3 is 15.5 Å². The molecule has 1 saturated heterocycles. The van der Waals surface area contributed by atoms with Crippen LogP contribution in [0.4, 0.5) is 20.2 Å². The number of rotatable bonds is 3. The van der Waals surface area contributed by atoms with Gasteiger partial charge in [-0.1, -0.05) is 0 Å². The molecule has 2 heterocycles. The number of aryl methyl sites for hydroxylation is 1. The van der Waals surface area contributed by atoms with E-state index in [1.165, 1.54) is 0 Å². The van der Waals surface area contributed by atoms with Crippen molar-refractivity contribution in [3.8, 4) is 0 Å². The van der Waals surface area contributed by atoms with Gasteiger partial charge in [-0.25, -0.2) is 8.78 Å². The normalized spacial score (nSPS) is 16.8. The van der Waals surface area contributed by atoms with Gasteiger partial charge in [-0.2, -0.15) is 5.10 Å². The van der Waals surface area contributed by atoms with Crippen LogP contribution in [0.25, 0.3) is 0 Å². The third-order valence-corrected chi connectivity index (χ3v) is 3.97. The van der Waals surface area contributed by atoms with Crippen LogP contribution in [0.3, 0.4) is 0 Å². The van der Waals surface area contributed by atoms with Crippen LogP contribution in [0.1, 0.15) is 6.42 Å². The van der Waals surface area contributed by atoms with E-state index in [1.807, 2.05) is 13.2 Å². The molecule has 0 saturated carbocycles. The zero-order valence-electron chi connectivity index (χ0n) is 13.5. The summed E-state index contributed by atoms with van der Waals surface area (Å²) in [6.45, 7) is 1.28. The van der Waals surface area contributed by atoms with E-state index in [-0.39, 0.29) is 11.7 Å². The smallest absolute Gasteiger partial charge is 0.313 e. The largest absolute Gasteiger partial charge is 0.367 e. The summed E-state index contributed by atoms with van der Waals surface area (Å²) in [5.41, 5.74) is 0.696. The number of carbonyl (C=O) groups excluding carboxylic acids is 2. The van der Waals surface area contributed by atoms with Crippen LogP contribution in [0, 0.1) is 11.6 Å². The monoisotopic (exact) mass is 349 g/mol. The van der Waals surface area contributed by atoms with Gasteiger partial charge in [0.2, 0.25) is 0 Å². The average molecular weight is 349 g/mol. The van der Waals surface area contributed by atoms with Gasteiger partial charge >= 0.3 is 11.8 Å². The van der Waals surface area contributed by atoms with Gasteiger partial charge in [-0.15, -0.1) is 0 Å². The Balaban J connectivity index is 1.54. The van der Waals surface area contributed by atoms with E-state index >= 15 is 0 Å². The Morgan fingerprint density at radius 3 is 2.76 bits per heavy atom. The Morgan fingerprint density at radius 2 is 2.08 bits per heavy atom. The highest BCUT2D eigenvalue weighted by atomic mass is 19.1. The fraction of sp³-hybridized carbons (Fsp3) is 0.312. The summed E-state index contributed by atoms with van der Waals surface area (Å²) in [7, 11) is 1.82. The van der Waals surface area contributed by atoms with E-state index in [9.17, 15) is 18.4 Å². The molecule has 1 aliphatic rings. The molecule has 3 rings (SSSR count). The van der Waals surface area contributed by atoms with E-state index in [0.717, 1.165) is 24.4 Å². The number of carbonyl (C=O) groups is 2. The minimum Gasteiger partial charge on any atom is -0.367 e. The molecular formula is C16H17F2N5O2. The highest BCUT2D eigenvalue weighted by Crippen LogP contribution is 2.19. The zero-order valence-corrected chi connectivity index (χ0v) is 13.5. The number of hydrogen-bond donors (Lipinski definition) is 2. The lowest BCUT2D eigenvalue weighted by Crippen LogP contribution is -2.43. The fourth-order valence-corrected chi connectivity index (χ4v) is 2.71. The van der Waals surface area contributed by atoms with Crippen LogP contribution in [0.2, 0.25) is 0 Å². The second kappa shape index (κ2) is 6.88. The number of benzene rings is 1. The van der Waals surface area contributed by atoms with Crippen molar-refractivity contribution in [2.45, 2.75) is 12.5 Å². The van der Waals surface area contributed by atoms with Crippen LogP contribution in [0.5, 0.6) is 0 Å². The molecule has 0 radical (unpaired) electrons. The lowest BCUT2D eigenvalue weighted by molar-refractivity contribution is -0.136. The number of nitrogens with zero attached hydrogens (tertiary/aromatic N) is 3. The van der Waals surface area contributed by atoms with Crippen LogP contribution in [0.15, 0.2) is 30.6 Å². The van der Waals surface area contributed by atoms with E-state index in [2.05, 4.69) is 20.6 Å². The third-order valence-electron chi connectivity index (χ3n) is 3.97.